The first-order valence-electron chi connectivity index (χ1n) is 5.80. The molecule has 0 atom stereocenters. The van der Waals surface area contributed by atoms with E-state index in [4.69, 9.17) is 14.2 Å². The summed E-state index contributed by atoms with van der Waals surface area (Å²) in [6.07, 6.45) is 3.89. The molecule has 0 bridgehead atoms. The van der Waals surface area contributed by atoms with Crippen molar-refractivity contribution in [1.29, 1.82) is 0 Å². The summed E-state index contributed by atoms with van der Waals surface area (Å²) >= 11 is 0. The summed E-state index contributed by atoms with van der Waals surface area (Å²) in [7, 11) is 1.56. The molecule has 0 spiro atoms. The number of allylic oxidation sites excluding steroid dienone is 1. The van der Waals surface area contributed by atoms with Crippen molar-refractivity contribution in [2.24, 2.45) is 0 Å². The Bertz CT molecular complexity index is 424. The van der Waals surface area contributed by atoms with Gasteiger partial charge < -0.3 is 14.2 Å². The highest BCUT2D eigenvalue weighted by atomic mass is 16.6. The van der Waals surface area contributed by atoms with Gasteiger partial charge in [0.25, 0.3) is 0 Å². The fourth-order valence-corrected chi connectivity index (χ4v) is 1.44. The standard InChI is InChI=1S/C14H18O4/c1-4-6-11-7-8-12(13(9-11)16-3)18-10-14(15)17-5-2/h4,6-9H,5,10H2,1-3H3. The largest absolute Gasteiger partial charge is 0.493 e. The molecule has 1 rings (SSSR count). The first-order chi connectivity index (χ1) is 8.71. The van der Waals surface area contributed by atoms with Gasteiger partial charge in [0.05, 0.1) is 13.7 Å². The molecule has 0 aliphatic carbocycles. The van der Waals surface area contributed by atoms with Crippen molar-refractivity contribution in [1.82, 2.24) is 0 Å². The van der Waals surface area contributed by atoms with Crippen molar-refractivity contribution in [3.8, 4) is 11.5 Å². The van der Waals surface area contributed by atoms with E-state index in [1.165, 1.54) is 0 Å². The summed E-state index contributed by atoms with van der Waals surface area (Å²) < 4.78 is 15.3. The highest BCUT2D eigenvalue weighted by Gasteiger charge is 2.08. The zero-order chi connectivity index (χ0) is 13.4. The molecule has 0 amide bonds. The fraction of sp³-hybridized carbons (Fsp3) is 0.357. The number of benzene rings is 1. The maximum atomic E-state index is 11.2. The van der Waals surface area contributed by atoms with E-state index in [1.807, 2.05) is 31.2 Å². The molecular weight excluding hydrogens is 232 g/mol. The van der Waals surface area contributed by atoms with Crippen LogP contribution in [0.15, 0.2) is 24.3 Å². The molecule has 18 heavy (non-hydrogen) atoms. The van der Waals surface area contributed by atoms with Gasteiger partial charge in [0.2, 0.25) is 0 Å². The molecule has 0 unspecified atom stereocenters. The van der Waals surface area contributed by atoms with Gasteiger partial charge in [-0.3, -0.25) is 0 Å². The van der Waals surface area contributed by atoms with Gasteiger partial charge in [0.1, 0.15) is 0 Å². The first kappa shape index (κ1) is 14.1. The van der Waals surface area contributed by atoms with Gasteiger partial charge in [0, 0.05) is 0 Å². The third-order valence-electron chi connectivity index (χ3n) is 2.20. The van der Waals surface area contributed by atoms with Crippen molar-refractivity contribution >= 4 is 12.0 Å². The van der Waals surface area contributed by atoms with Gasteiger partial charge in [-0.2, -0.15) is 0 Å². The van der Waals surface area contributed by atoms with E-state index in [1.54, 1.807) is 20.1 Å². The monoisotopic (exact) mass is 250 g/mol. The maximum absolute atomic E-state index is 11.2. The average molecular weight is 250 g/mol. The summed E-state index contributed by atoms with van der Waals surface area (Å²) in [4.78, 5) is 11.2. The highest BCUT2D eigenvalue weighted by Crippen LogP contribution is 2.28. The van der Waals surface area contributed by atoms with Crippen LogP contribution < -0.4 is 9.47 Å². The third-order valence-corrected chi connectivity index (χ3v) is 2.20. The molecule has 0 N–H and O–H groups in total. The second-order valence-corrected chi connectivity index (χ2v) is 3.50. The molecule has 0 saturated heterocycles. The van der Waals surface area contributed by atoms with Crippen molar-refractivity contribution in [3.05, 3.63) is 29.8 Å². The van der Waals surface area contributed by atoms with Crippen LogP contribution in [0.2, 0.25) is 0 Å². The minimum Gasteiger partial charge on any atom is -0.493 e. The molecule has 1 aromatic rings. The van der Waals surface area contributed by atoms with Crippen LogP contribution in [0.3, 0.4) is 0 Å². The summed E-state index contributed by atoms with van der Waals surface area (Å²) in [6, 6.07) is 5.51. The Labute approximate surface area is 107 Å². The van der Waals surface area contributed by atoms with Crippen LogP contribution in [0.1, 0.15) is 19.4 Å². The van der Waals surface area contributed by atoms with Crippen LogP contribution >= 0.6 is 0 Å². The van der Waals surface area contributed by atoms with Crippen molar-refractivity contribution in [3.63, 3.8) is 0 Å². The molecule has 0 aliphatic rings. The molecule has 0 saturated carbocycles. The Morgan fingerprint density at radius 2 is 2.11 bits per heavy atom. The van der Waals surface area contributed by atoms with E-state index < -0.39 is 5.97 Å². The summed E-state index contributed by atoms with van der Waals surface area (Å²) in [5.41, 5.74) is 1.01. The molecule has 1 aromatic carbocycles. The number of esters is 1. The molecule has 0 heterocycles. The quantitative estimate of drug-likeness (QED) is 0.728. The van der Waals surface area contributed by atoms with Gasteiger partial charge in [0.15, 0.2) is 18.1 Å². The minimum absolute atomic E-state index is 0.118. The van der Waals surface area contributed by atoms with E-state index in [0.29, 0.717) is 18.1 Å². The number of ether oxygens (including phenoxy) is 3. The number of carbonyl (C=O) groups excluding carboxylic acids is 1. The zero-order valence-corrected chi connectivity index (χ0v) is 10.9. The number of hydrogen-bond acceptors (Lipinski definition) is 4. The van der Waals surface area contributed by atoms with E-state index >= 15 is 0 Å². The van der Waals surface area contributed by atoms with E-state index in [9.17, 15) is 4.79 Å². The minimum atomic E-state index is -0.392. The lowest BCUT2D eigenvalue weighted by Crippen LogP contribution is -2.14. The predicted octanol–water partition coefficient (Wildman–Crippen LogP) is 2.67. The zero-order valence-electron chi connectivity index (χ0n) is 10.9. The molecule has 4 heteroatoms. The van der Waals surface area contributed by atoms with E-state index in [0.717, 1.165) is 5.56 Å². The number of carbonyl (C=O) groups is 1. The number of rotatable bonds is 6. The van der Waals surface area contributed by atoms with Crippen molar-refractivity contribution in [2.75, 3.05) is 20.3 Å². The van der Waals surface area contributed by atoms with E-state index in [2.05, 4.69) is 0 Å². The lowest BCUT2D eigenvalue weighted by molar-refractivity contribution is -0.145. The Hall–Kier alpha value is -1.97. The van der Waals surface area contributed by atoms with Gasteiger partial charge in [-0.15, -0.1) is 0 Å². The molecule has 0 fully saturated rings. The lowest BCUT2D eigenvalue weighted by atomic mass is 10.2. The fourth-order valence-electron chi connectivity index (χ4n) is 1.44. The average Bonchev–Trinajstić information content (AvgIpc) is 2.37. The second-order valence-electron chi connectivity index (χ2n) is 3.50. The maximum Gasteiger partial charge on any atom is 0.344 e. The second kappa shape index (κ2) is 7.37. The molecule has 4 nitrogen and oxygen atoms in total. The van der Waals surface area contributed by atoms with Gasteiger partial charge in [-0.05, 0) is 31.5 Å². The SMILES string of the molecule is CC=Cc1ccc(OCC(=O)OCC)c(OC)c1. The number of hydrogen-bond donors (Lipinski definition) is 0. The van der Waals surface area contributed by atoms with Crippen molar-refractivity contribution < 1.29 is 19.0 Å². The van der Waals surface area contributed by atoms with Gasteiger partial charge in [-0.1, -0.05) is 18.2 Å². The van der Waals surface area contributed by atoms with Crippen LogP contribution in [0.5, 0.6) is 11.5 Å². The molecule has 0 radical (unpaired) electrons. The van der Waals surface area contributed by atoms with Crippen LogP contribution in [-0.2, 0) is 9.53 Å². The normalized spacial score (nSPS) is 10.4. The highest BCUT2D eigenvalue weighted by molar-refractivity contribution is 5.71. The predicted molar refractivity (Wildman–Crippen MR) is 69.8 cm³/mol. The van der Waals surface area contributed by atoms with Crippen LogP contribution in [0.25, 0.3) is 6.08 Å². The smallest absolute Gasteiger partial charge is 0.344 e. The first-order valence-corrected chi connectivity index (χ1v) is 5.80. The number of methoxy groups -OCH3 is 1. The Kier molecular flexibility index (Phi) is 5.77. The molecule has 98 valence electrons. The Morgan fingerprint density at radius 1 is 1.33 bits per heavy atom. The summed E-state index contributed by atoms with van der Waals surface area (Å²) in [6.45, 7) is 3.93. The Balaban J connectivity index is 2.73. The van der Waals surface area contributed by atoms with Crippen molar-refractivity contribution in [2.45, 2.75) is 13.8 Å². The summed E-state index contributed by atoms with van der Waals surface area (Å²) in [5, 5.41) is 0. The van der Waals surface area contributed by atoms with Crippen LogP contribution in [0.4, 0.5) is 0 Å². The van der Waals surface area contributed by atoms with Crippen LogP contribution in [0, 0.1) is 0 Å². The third kappa shape index (κ3) is 4.13. The summed E-state index contributed by atoms with van der Waals surface area (Å²) in [5.74, 6) is 0.728. The van der Waals surface area contributed by atoms with Gasteiger partial charge in [-0.25, -0.2) is 4.79 Å². The van der Waals surface area contributed by atoms with Crippen LogP contribution in [-0.4, -0.2) is 26.3 Å². The Morgan fingerprint density at radius 3 is 2.72 bits per heavy atom. The molecular formula is C14H18O4. The molecule has 0 aliphatic heterocycles. The van der Waals surface area contributed by atoms with Gasteiger partial charge >= 0.3 is 5.97 Å². The van der Waals surface area contributed by atoms with E-state index in [-0.39, 0.29) is 6.61 Å². The molecule has 0 aromatic heterocycles. The lowest BCUT2D eigenvalue weighted by Gasteiger charge is -2.10. The topological polar surface area (TPSA) is 44.8 Å².